The molecule has 0 aliphatic rings. The highest BCUT2D eigenvalue weighted by atomic mass is 35.5. The average molecular weight is 204 g/mol. The van der Waals surface area contributed by atoms with Crippen LogP contribution in [0.5, 0.6) is 0 Å². The van der Waals surface area contributed by atoms with Gasteiger partial charge in [-0.25, -0.2) is 0 Å². The second-order valence-corrected chi connectivity index (χ2v) is 3.65. The topological polar surface area (TPSA) is 26.0 Å². The van der Waals surface area contributed by atoms with Gasteiger partial charge in [0, 0.05) is 10.0 Å². The first-order valence-electron chi connectivity index (χ1n) is 3.80. The van der Waals surface area contributed by atoms with Crippen molar-refractivity contribution in [1.29, 1.82) is 0 Å². The van der Waals surface area contributed by atoms with Gasteiger partial charge in [0.2, 0.25) is 0 Å². The average Bonchev–Trinajstić information content (AvgIpc) is 2.03. The molecule has 2 N–H and O–H groups in total. The fourth-order valence-electron chi connectivity index (χ4n) is 1.03. The van der Waals surface area contributed by atoms with Crippen molar-refractivity contribution in [2.75, 3.05) is 6.54 Å². The van der Waals surface area contributed by atoms with E-state index in [1.165, 1.54) is 0 Å². The summed E-state index contributed by atoms with van der Waals surface area (Å²) in [6, 6.07) is 5.49. The van der Waals surface area contributed by atoms with Crippen LogP contribution in [-0.2, 0) is 0 Å². The zero-order valence-electron chi connectivity index (χ0n) is 6.85. The second kappa shape index (κ2) is 4.13. The van der Waals surface area contributed by atoms with Gasteiger partial charge in [-0.05, 0) is 30.2 Å². The smallest absolute Gasteiger partial charge is 0.0456 e. The molecule has 3 heteroatoms. The van der Waals surface area contributed by atoms with E-state index in [0.717, 1.165) is 5.56 Å². The lowest BCUT2D eigenvalue weighted by molar-refractivity contribution is 0.774. The molecule has 12 heavy (non-hydrogen) atoms. The molecule has 0 aromatic heterocycles. The van der Waals surface area contributed by atoms with E-state index >= 15 is 0 Å². The Morgan fingerprint density at radius 3 is 2.58 bits per heavy atom. The Kier molecular flexibility index (Phi) is 3.39. The molecule has 0 bridgehead atoms. The Hall–Kier alpha value is -0.240. The first-order chi connectivity index (χ1) is 5.65. The van der Waals surface area contributed by atoms with Gasteiger partial charge in [0.1, 0.15) is 0 Å². The quantitative estimate of drug-likeness (QED) is 0.787. The number of rotatable bonds is 2. The molecule has 0 aliphatic carbocycles. The normalized spacial score (nSPS) is 13.0. The van der Waals surface area contributed by atoms with E-state index in [4.69, 9.17) is 28.9 Å². The highest BCUT2D eigenvalue weighted by Crippen LogP contribution is 2.26. The summed E-state index contributed by atoms with van der Waals surface area (Å²) >= 11 is 11.7. The van der Waals surface area contributed by atoms with Crippen molar-refractivity contribution in [3.05, 3.63) is 33.8 Å². The van der Waals surface area contributed by atoms with Crippen molar-refractivity contribution in [3.63, 3.8) is 0 Å². The molecule has 0 heterocycles. The van der Waals surface area contributed by atoms with Crippen LogP contribution in [0.25, 0.3) is 0 Å². The second-order valence-electron chi connectivity index (χ2n) is 2.80. The third-order valence-electron chi connectivity index (χ3n) is 1.85. The Balaban J connectivity index is 3.01. The van der Waals surface area contributed by atoms with Gasteiger partial charge in [-0.3, -0.25) is 0 Å². The maximum atomic E-state index is 5.96. The van der Waals surface area contributed by atoms with Crippen LogP contribution in [0.1, 0.15) is 18.4 Å². The van der Waals surface area contributed by atoms with Crippen LogP contribution in [0.4, 0.5) is 0 Å². The summed E-state index contributed by atoms with van der Waals surface area (Å²) in [4.78, 5) is 0. The minimum absolute atomic E-state index is 0.287. The summed E-state index contributed by atoms with van der Waals surface area (Å²) in [5.41, 5.74) is 6.58. The van der Waals surface area contributed by atoms with E-state index in [0.29, 0.717) is 16.6 Å². The third kappa shape index (κ3) is 2.13. The van der Waals surface area contributed by atoms with Crippen LogP contribution >= 0.6 is 23.2 Å². The lowest BCUT2D eigenvalue weighted by Crippen LogP contribution is -2.09. The van der Waals surface area contributed by atoms with Crippen LogP contribution in [0.2, 0.25) is 10.0 Å². The van der Waals surface area contributed by atoms with Crippen LogP contribution in [0, 0.1) is 0 Å². The van der Waals surface area contributed by atoms with E-state index in [1.54, 1.807) is 6.07 Å². The van der Waals surface area contributed by atoms with Crippen molar-refractivity contribution in [1.82, 2.24) is 0 Å². The highest BCUT2D eigenvalue weighted by molar-refractivity contribution is 6.35. The number of hydrogen-bond acceptors (Lipinski definition) is 1. The molecular formula is C9H11Cl2N. The molecule has 1 nitrogen and oxygen atoms in total. The highest BCUT2D eigenvalue weighted by Gasteiger charge is 2.07. The Morgan fingerprint density at radius 1 is 1.42 bits per heavy atom. The lowest BCUT2D eigenvalue weighted by Gasteiger charge is -2.10. The molecule has 0 aliphatic heterocycles. The van der Waals surface area contributed by atoms with Crippen LogP contribution in [0.3, 0.4) is 0 Å². The lowest BCUT2D eigenvalue weighted by atomic mass is 10.0. The molecular weight excluding hydrogens is 193 g/mol. The standard InChI is InChI=1S/C9H11Cl2N/c1-6(5-12)8-3-2-7(10)4-9(8)11/h2-4,6H,5,12H2,1H3. The van der Waals surface area contributed by atoms with Crippen molar-refractivity contribution >= 4 is 23.2 Å². The first kappa shape index (κ1) is 9.85. The summed E-state index contributed by atoms with van der Waals surface area (Å²) in [7, 11) is 0. The Bertz CT molecular complexity index is 273. The molecule has 1 aromatic carbocycles. The van der Waals surface area contributed by atoms with Crippen LogP contribution < -0.4 is 5.73 Å². The van der Waals surface area contributed by atoms with E-state index in [-0.39, 0.29) is 5.92 Å². The van der Waals surface area contributed by atoms with Crippen molar-refractivity contribution in [2.24, 2.45) is 5.73 Å². The molecule has 1 rings (SSSR count). The number of halogens is 2. The predicted octanol–water partition coefficient (Wildman–Crippen LogP) is 3.06. The summed E-state index contributed by atoms with van der Waals surface area (Å²) in [5.74, 6) is 0.287. The molecule has 66 valence electrons. The third-order valence-corrected chi connectivity index (χ3v) is 2.41. The summed E-state index contributed by atoms with van der Waals surface area (Å²) in [6.07, 6.45) is 0. The van der Waals surface area contributed by atoms with Crippen molar-refractivity contribution in [3.8, 4) is 0 Å². The molecule has 0 saturated heterocycles. The van der Waals surface area contributed by atoms with E-state index < -0.39 is 0 Å². The molecule has 1 aromatic rings. The molecule has 0 fully saturated rings. The Labute approximate surface area is 82.5 Å². The minimum Gasteiger partial charge on any atom is -0.330 e. The van der Waals surface area contributed by atoms with E-state index in [2.05, 4.69) is 0 Å². The molecule has 0 spiro atoms. The predicted molar refractivity (Wildman–Crippen MR) is 53.9 cm³/mol. The summed E-state index contributed by atoms with van der Waals surface area (Å²) in [5, 5.41) is 1.36. The van der Waals surface area contributed by atoms with Gasteiger partial charge < -0.3 is 5.73 Å². The number of benzene rings is 1. The van der Waals surface area contributed by atoms with Crippen LogP contribution in [0.15, 0.2) is 18.2 Å². The Morgan fingerprint density at radius 2 is 2.08 bits per heavy atom. The van der Waals surface area contributed by atoms with E-state index in [1.807, 2.05) is 19.1 Å². The minimum atomic E-state index is 0.287. The van der Waals surface area contributed by atoms with Crippen LogP contribution in [-0.4, -0.2) is 6.54 Å². The van der Waals surface area contributed by atoms with Gasteiger partial charge in [0.05, 0.1) is 0 Å². The zero-order valence-corrected chi connectivity index (χ0v) is 8.36. The first-order valence-corrected chi connectivity index (χ1v) is 4.55. The molecule has 0 radical (unpaired) electrons. The fraction of sp³-hybridized carbons (Fsp3) is 0.333. The molecule has 0 saturated carbocycles. The van der Waals surface area contributed by atoms with Crippen molar-refractivity contribution in [2.45, 2.75) is 12.8 Å². The van der Waals surface area contributed by atoms with Gasteiger partial charge in [-0.1, -0.05) is 36.2 Å². The van der Waals surface area contributed by atoms with Gasteiger partial charge in [0.25, 0.3) is 0 Å². The number of hydrogen-bond donors (Lipinski definition) is 1. The summed E-state index contributed by atoms with van der Waals surface area (Å²) < 4.78 is 0. The molecule has 0 amide bonds. The number of nitrogens with two attached hydrogens (primary N) is 1. The zero-order chi connectivity index (χ0) is 9.14. The van der Waals surface area contributed by atoms with Gasteiger partial charge >= 0.3 is 0 Å². The molecule has 1 unspecified atom stereocenters. The van der Waals surface area contributed by atoms with Gasteiger partial charge in [-0.2, -0.15) is 0 Å². The van der Waals surface area contributed by atoms with Gasteiger partial charge in [0.15, 0.2) is 0 Å². The monoisotopic (exact) mass is 203 g/mol. The van der Waals surface area contributed by atoms with Crippen molar-refractivity contribution < 1.29 is 0 Å². The van der Waals surface area contributed by atoms with Gasteiger partial charge in [-0.15, -0.1) is 0 Å². The maximum absolute atomic E-state index is 5.96. The fourth-order valence-corrected chi connectivity index (χ4v) is 1.62. The van der Waals surface area contributed by atoms with E-state index in [9.17, 15) is 0 Å². The SMILES string of the molecule is CC(CN)c1ccc(Cl)cc1Cl. The molecule has 1 atom stereocenters. The largest absolute Gasteiger partial charge is 0.330 e. The summed E-state index contributed by atoms with van der Waals surface area (Å²) in [6.45, 7) is 2.64. The maximum Gasteiger partial charge on any atom is 0.0456 e.